The highest BCUT2D eigenvalue weighted by molar-refractivity contribution is 6.25. The summed E-state index contributed by atoms with van der Waals surface area (Å²) in [6, 6.07) is 20.6. The van der Waals surface area contributed by atoms with Crippen molar-refractivity contribution in [3.05, 3.63) is 95.1 Å². The molecule has 11 nitrogen and oxygen atoms in total. The zero-order chi connectivity index (χ0) is 33.4. The summed E-state index contributed by atoms with van der Waals surface area (Å²) in [5.74, 6) is 0.327. The Labute approximate surface area is 279 Å². The highest BCUT2D eigenvalue weighted by atomic mass is 16.5. The third-order valence-corrected chi connectivity index (χ3v) is 9.27. The largest absolute Gasteiger partial charge is 0.494 e. The molecular formula is C37H38N6O5. The second-order valence-electron chi connectivity index (χ2n) is 12.4. The van der Waals surface area contributed by atoms with Crippen LogP contribution in [0, 0.1) is 12.8 Å². The molecule has 0 radical (unpaired) electrons. The van der Waals surface area contributed by atoms with Crippen LogP contribution in [0.1, 0.15) is 55.8 Å². The summed E-state index contributed by atoms with van der Waals surface area (Å²) in [5.41, 5.74) is 5.44. The number of benzene rings is 3. The van der Waals surface area contributed by atoms with Crippen molar-refractivity contribution >= 4 is 35.2 Å². The van der Waals surface area contributed by atoms with Gasteiger partial charge >= 0.3 is 0 Å². The molecule has 4 aliphatic rings. The lowest BCUT2D eigenvalue weighted by Crippen LogP contribution is -2.45. The van der Waals surface area contributed by atoms with E-state index in [1.807, 2.05) is 81.4 Å². The van der Waals surface area contributed by atoms with Crippen LogP contribution in [0.4, 0.5) is 5.69 Å². The lowest BCUT2D eigenvalue weighted by molar-refractivity contribution is -0.136. The van der Waals surface area contributed by atoms with Crippen molar-refractivity contribution in [1.82, 2.24) is 10.0 Å². The van der Waals surface area contributed by atoms with Gasteiger partial charge in [-0.05, 0) is 99.2 Å². The van der Waals surface area contributed by atoms with Gasteiger partial charge in [0.05, 0.1) is 30.7 Å². The Balaban J connectivity index is 1.18. The molecule has 48 heavy (non-hydrogen) atoms. The Kier molecular flexibility index (Phi) is 8.51. The molecule has 0 aromatic heterocycles. The smallest absolute Gasteiger partial charge is 0.264 e. The molecule has 3 heterocycles. The van der Waals surface area contributed by atoms with Crippen LogP contribution in [0.15, 0.2) is 93.8 Å². The van der Waals surface area contributed by atoms with Crippen LogP contribution in [0.2, 0.25) is 0 Å². The number of ether oxygens (including phenoxy) is 2. The van der Waals surface area contributed by atoms with Crippen molar-refractivity contribution in [2.45, 2.75) is 58.2 Å². The Morgan fingerprint density at radius 1 is 0.875 bits per heavy atom. The van der Waals surface area contributed by atoms with Gasteiger partial charge in [0.25, 0.3) is 17.7 Å². The van der Waals surface area contributed by atoms with E-state index < -0.39 is 23.9 Å². The van der Waals surface area contributed by atoms with Gasteiger partial charge < -0.3 is 9.47 Å². The fourth-order valence-corrected chi connectivity index (χ4v) is 7.01. The lowest BCUT2D eigenvalue weighted by atomic mass is 9.77. The Bertz CT molecular complexity index is 1800. The maximum Gasteiger partial charge on any atom is 0.264 e. The fraction of sp³-hybridized carbons (Fsp3) is 0.351. The molecule has 2 fully saturated rings. The molecule has 246 valence electrons. The average Bonchev–Trinajstić information content (AvgIpc) is 3.76. The van der Waals surface area contributed by atoms with Crippen LogP contribution in [0.5, 0.6) is 11.5 Å². The number of fused-ring (bicyclic) bond motifs is 2. The minimum absolute atomic E-state index is 0.0192. The summed E-state index contributed by atoms with van der Waals surface area (Å²) in [7, 11) is 0. The average molecular weight is 647 g/mol. The maximum atomic E-state index is 14.2. The molecule has 4 atom stereocenters. The Morgan fingerprint density at radius 3 is 2.21 bits per heavy atom. The van der Waals surface area contributed by atoms with Gasteiger partial charge in [-0.25, -0.2) is 9.91 Å². The molecular weight excluding hydrogens is 608 g/mol. The zero-order valence-electron chi connectivity index (χ0n) is 27.3. The van der Waals surface area contributed by atoms with E-state index in [1.54, 1.807) is 17.1 Å². The number of hydrazone groups is 1. The minimum atomic E-state index is -0.996. The molecule has 0 spiro atoms. The van der Waals surface area contributed by atoms with E-state index in [9.17, 15) is 14.4 Å². The van der Waals surface area contributed by atoms with E-state index in [0.29, 0.717) is 18.9 Å². The van der Waals surface area contributed by atoms with E-state index in [2.05, 4.69) is 16.4 Å². The number of rotatable bonds is 9. The predicted octanol–water partition coefficient (Wildman–Crippen LogP) is 5.91. The number of aryl methyl sites for hydroxylation is 1. The van der Waals surface area contributed by atoms with Crippen LogP contribution < -0.4 is 14.4 Å². The second-order valence-corrected chi connectivity index (χ2v) is 12.4. The predicted molar refractivity (Wildman–Crippen MR) is 180 cm³/mol. The van der Waals surface area contributed by atoms with Crippen molar-refractivity contribution in [1.29, 1.82) is 0 Å². The topological polar surface area (TPSA) is 116 Å². The van der Waals surface area contributed by atoms with Gasteiger partial charge in [-0.3, -0.25) is 19.4 Å². The van der Waals surface area contributed by atoms with E-state index in [4.69, 9.17) is 14.6 Å². The highest BCUT2D eigenvalue weighted by Crippen LogP contribution is 2.45. The third kappa shape index (κ3) is 5.74. The summed E-state index contributed by atoms with van der Waals surface area (Å²) in [6.45, 7) is 6.74. The van der Waals surface area contributed by atoms with Gasteiger partial charge in [0.1, 0.15) is 18.0 Å². The number of hydrogen-bond acceptors (Lipinski definition) is 9. The summed E-state index contributed by atoms with van der Waals surface area (Å²) in [5, 5.41) is 16.2. The molecule has 3 aromatic carbocycles. The Morgan fingerprint density at radius 2 is 1.54 bits per heavy atom. The molecule has 0 unspecified atom stereocenters. The lowest BCUT2D eigenvalue weighted by Gasteiger charge is -2.30. The van der Waals surface area contributed by atoms with Gasteiger partial charge in [-0.1, -0.05) is 47.2 Å². The zero-order valence-corrected chi connectivity index (χ0v) is 27.3. The first-order chi connectivity index (χ1) is 23.4. The first-order valence-electron chi connectivity index (χ1n) is 16.5. The van der Waals surface area contributed by atoms with Crippen LogP contribution >= 0.6 is 0 Å². The Hall–Kier alpha value is -5.32. The first kappa shape index (κ1) is 31.3. The van der Waals surface area contributed by atoms with Crippen molar-refractivity contribution in [3.63, 3.8) is 0 Å². The molecule has 3 aromatic rings. The summed E-state index contributed by atoms with van der Waals surface area (Å²) in [4.78, 5) is 42.3. The number of hydrogen-bond donors (Lipinski definition) is 0. The van der Waals surface area contributed by atoms with Crippen molar-refractivity contribution in [2.75, 3.05) is 24.7 Å². The van der Waals surface area contributed by atoms with Gasteiger partial charge in [0.15, 0.2) is 12.1 Å². The summed E-state index contributed by atoms with van der Waals surface area (Å²) < 4.78 is 11.3. The number of allylic oxidation sites excluding steroid dienone is 1. The molecule has 1 saturated carbocycles. The molecule has 1 aliphatic carbocycles. The standard InChI is InChI=1S/C37H38N6O5/c1-4-47-28-17-11-24(12-18-28)21-26-7-6-8-30-32(26)39-43(34(30)25-13-19-29(20-14-25)48-5-2)31(44)22-41-35-33(38-40-41)36(45)42(37(35)46)27-15-9-23(3)10-16-27/h9-21,30,33-35H,4-8,22H2,1-3H3/b26-21+/t30-,33+,34-,35-/m1/s1. The van der Waals surface area contributed by atoms with E-state index in [1.165, 1.54) is 5.01 Å². The molecule has 0 N–H and O–H groups in total. The van der Waals surface area contributed by atoms with Crippen molar-refractivity contribution in [3.8, 4) is 11.5 Å². The van der Waals surface area contributed by atoms with Crippen LogP contribution in [0.3, 0.4) is 0 Å². The van der Waals surface area contributed by atoms with Gasteiger partial charge in [0, 0.05) is 5.92 Å². The first-order valence-corrected chi connectivity index (χ1v) is 16.5. The van der Waals surface area contributed by atoms with E-state index >= 15 is 0 Å². The number of imide groups is 1. The van der Waals surface area contributed by atoms with Crippen molar-refractivity contribution < 1.29 is 23.9 Å². The maximum absolute atomic E-state index is 14.2. The van der Waals surface area contributed by atoms with Gasteiger partial charge in [-0.15, -0.1) is 0 Å². The molecule has 3 aliphatic heterocycles. The SMILES string of the molecule is CCOc1ccc(/C=C2\CCC[C@@H]3C2=NN(C(=O)CN2N=N[C@@H]4C(=O)N(c5ccc(C)cc5)C(=O)[C@@H]42)[C@@H]3c2ccc(OCC)cc2)cc1. The van der Waals surface area contributed by atoms with Gasteiger partial charge in [0.2, 0.25) is 0 Å². The summed E-state index contributed by atoms with van der Waals surface area (Å²) >= 11 is 0. The quantitative estimate of drug-likeness (QED) is 0.267. The highest BCUT2D eigenvalue weighted by Gasteiger charge is 2.55. The molecule has 7 rings (SSSR count). The second kappa shape index (κ2) is 13.1. The number of carbonyl (C=O) groups excluding carboxylic acids is 3. The minimum Gasteiger partial charge on any atom is -0.494 e. The number of carbonyl (C=O) groups is 3. The van der Waals surface area contributed by atoms with Crippen LogP contribution in [0.25, 0.3) is 6.08 Å². The monoisotopic (exact) mass is 646 g/mol. The van der Waals surface area contributed by atoms with Crippen molar-refractivity contribution in [2.24, 2.45) is 21.4 Å². The van der Waals surface area contributed by atoms with E-state index in [-0.39, 0.29) is 24.4 Å². The number of amides is 3. The summed E-state index contributed by atoms with van der Waals surface area (Å²) in [6.07, 6.45) is 4.81. The van der Waals surface area contributed by atoms with Gasteiger partial charge in [-0.2, -0.15) is 10.2 Å². The van der Waals surface area contributed by atoms with E-state index in [0.717, 1.165) is 63.6 Å². The molecule has 11 heteroatoms. The number of nitrogens with zero attached hydrogens (tertiary/aromatic N) is 6. The molecule has 3 amide bonds. The third-order valence-electron chi connectivity index (χ3n) is 9.27. The van der Waals surface area contributed by atoms with Crippen LogP contribution in [-0.2, 0) is 14.4 Å². The normalized spacial score (nSPS) is 23.9. The molecule has 1 saturated heterocycles. The van der Waals surface area contributed by atoms with Crippen LogP contribution in [-0.4, -0.2) is 65.3 Å². The fourth-order valence-electron chi connectivity index (χ4n) is 7.01. The molecule has 0 bridgehead atoms. The number of anilines is 1.